The van der Waals surface area contributed by atoms with Crippen molar-refractivity contribution in [2.75, 3.05) is 26.1 Å². The number of hydrogen-bond acceptors (Lipinski definition) is 3. The zero-order valence-corrected chi connectivity index (χ0v) is 13.7. The predicted octanol–water partition coefficient (Wildman–Crippen LogP) is 3.23. The number of guanidine groups is 1. The topological polar surface area (TPSA) is 68.9 Å². The molecule has 0 saturated heterocycles. The van der Waals surface area contributed by atoms with E-state index >= 15 is 0 Å². The van der Waals surface area contributed by atoms with Gasteiger partial charge in [-0.1, -0.05) is 37.3 Å². The molecule has 0 radical (unpaired) electrons. The van der Waals surface area contributed by atoms with E-state index < -0.39 is 0 Å². The van der Waals surface area contributed by atoms with Crippen LogP contribution in [0.25, 0.3) is 0 Å². The van der Waals surface area contributed by atoms with E-state index in [1.807, 2.05) is 48.5 Å². The number of anilines is 1. The number of nitrogens with one attached hydrogen (secondary N) is 1. The van der Waals surface area contributed by atoms with Gasteiger partial charge in [0, 0.05) is 12.5 Å². The van der Waals surface area contributed by atoms with E-state index in [1.165, 1.54) is 0 Å². The summed E-state index contributed by atoms with van der Waals surface area (Å²) in [7, 11) is 3.30. The zero-order chi connectivity index (χ0) is 16.7. The van der Waals surface area contributed by atoms with Crippen LogP contribution in [0.1, 0.15) is 18.4 Å². The van der Waals surface area contributed by atoms with Crippen LogP contribution in [-0.2, 0) is 0 Å². The Morgan fingerprint density at radius 1 is 1.04 bits per heavy atom. The van der Waals surface area contributed by atoms with Crippen LogP contribution in [0.4, 0.5) is 5.69 Å². The summed E-state index contributed by atoms with van der Waals surface area (Å²) in [6.45, 7) is 2.66. The second-order valence-corrected chi connectivity index (χ2v) is 5.19. The fraction of sp³-hybridized carbons (Fsp3) is 0.278. The lowest BCUT2D eigenvalue weighted by atomic mass is 10.0. The molecule has 0 fully saturated rings. The third-order valence-electron chi connectivity index (χ3n) is 3.58. The van der Waals surface area contributed by atoms with Gasteiger partial charge in [-0.15, -0.1) is 0 Å². The minimum atomic E-state index is 0.198. The normalized spacial score (nSPS) is 12.6. The summed E-state index contributed by atoms with van der Waals surface area (Å²) in [5, 5.41) is 3.07. The average molecular weight is 313 g/mol. The molecule has 0 aliphatic carbocycles. The van der Waals surface area contributed by atoms with Crippen LogP contribution in [0.5, 0.6) is 11.5 Å². The molecule has 0 aliphatic heterocycles. The number of para-hydroxylation sites is 3. The standard InChI is InChI=1S/C18H23N3O2/c1-13(14-8-4-6-10-16(14)22-2)12-20-18(19)21-15-9-5-7-11-17(15)23-3/h4-11,13H,12H2,1-3H3,(H3,19,20,21). The third kappa shape index (κ3) is 4.39. The highest BCUT2D eigenvalue weighted by Gasteiger charge is 2.10. The number of nitrogens with zero attached hydrogens (tertiary/aromatic N) is 1. The fourth-order valence-electron chi connectivity index (χ4n) is 2.33. The molecule has 2 rings (SSSR count). The van der Waals surface area contributed by atoms with Crippen LogP contribution in [0, 0.1) is 0 Å². The van der Waals surface area contributed by atoms with Crippen molar-refractivity contribution >= 4 is 11.6 Å². The van der Waals surface area contributed by atoms with Gasteiger partial charge < -0.3 is 20.5 Å². The summed E-state index contributed by atoms with van der Waals surface area (Å²) in [6, 6.07) is 15.5. The maximum absolute atomic E-state index is 5.98. The summed E-state index contributed by atoms with van der Waals surface area (Å²) in [4.78, 5) is 4.42. The average Bonchev–Trinajstić information content (AvgIpc) is 2.60. The Hall–Kier alpha value is -2.69. The van der Waals surface area contributed by atoms with Gasteiger partial charge in [-0.25, -0.2) is 0 Å². The van der Waals surface area contributed by atoms with E-state index in [4.69, 9.17) is 15.2 Å². The summed E-state index contributed by atoms with van der Waals surface area (Å²) in [6.07, 6.45) is 0. The SMILES string of the molecule is COc1ccccc1NC(N)=NCC(C)c1ccccc1OC. The molecule has 0 aromatic heterocycles. The molecule has 2 aromatic rings. The van der Waals surface area contributed by atoms with Crippen LogP contribution in [0.3, 0.4) is 0 Å². The van der Waals surface area contributed by atoms with E-state index in [0.717, 1.165) is 22.7 Å². The molecule has 122 valence electrons. The number of methoxy groups -OCH3 is 2. The first-order valence-corrected chi connectivity index (χ1v) is 7.48. The van der Waals surface area contributed by atoms with Crippen molar-refractivity contribution in [1.29, 1.82) is 0 Å². The second-order valence-electron chi connectivity index (χ2n) is 5.19. The van der Waals surface area contributed by atoms with Gasteiger partial charge in [-0.2, -0.15) is 0 Å². The smallest absolute Gasteiger partial charge is 0.193 e. The molecule has 1 unspecified atom stereocenters. The van der Waals surface area contributed by atoms with Gasteiger partial charge in [0.25, 0.3) is 0 Å². The van der Waals surface area contributed by atoms with E-state index in [0.29, 0.717) is 12.5 Å². The zero-order valence-electron chi connectivity index (χ0n) is 13.7. The Bertz CT molecular complexity index is 671. The van der Waals surface area contributed by atoms with Crippen molar-refractivity contribution in [3.05, 3.63) is 54.1 Å². The molecule has 0 bridgehead atoms. The molecule has 0 heterocycles. The molecule has 23 heavy (non-hydrogen) atoms. The first-order chi connectivity index (χ1) is 11.2. The molecule has 5 heteroatoms. The fourth-order valence-corrected chi connectivity index (χ4v) is 2.33. The number of ether oxygens (including phenoxy) is 2. The predicted molar refractivity (Wildman–Crippen MR) is 94.5 cm³/mol. The molecule has 5 nitrogen and oxygen atoms in total. The highest BCUT2D eigenvalue weighted by molar-refractivity contribution is 5.93. The van der Waals surface area contributed by atoms with Gasteiger partial charge in [0.2, 0.25) is 0 Å². The van der Waals surface area contributed by atoms with Gasteiger partial charge >= 0.3 is 0 Å². The Balaban J connectivity index is 2.04. The number of aliphatic imine (C=N–C) groups is 1. The highest BCUT2D eigenvalue weighted by atomic mass is 16.5. The maximum Gasteiger partial charge on any atom is 0.193 e. The van der Waals surface area contributed by atoms with Crippen LogP contribution in [-0.4, -0.2) is 26.7 Å². The Kier molecular flexibility index (Phi) is 5.86. The van der Waals surface area contributed by atoms with Gasteiger partial charge in [0.05, 0.1) is 19.9 Å². The summed E-state index contributed by atoms with van der Waals surface area (Å²) in [5.74, 6) is 2.15. The van der Waals surface area contributed by atoms with Crippen molar-refractivity contribution < 1.29 is 9.47 Å². The molecule has 0 saturated carbocycles. The molecular weight excluding hydrogens is 290 g/mol. The van der Waals surface area contributed by atoms with Crippen molar-refractivity contribution in [1.82, 2.24) is 0 Å². The molecule has 0 aliphatic rings. The quantitative estimate of drug-likeness (QED) is 0.634. The maximum atomic E-state index is 5.98. The van der Waals surface area contributed by atoms with Crippen molar-refractivity contribution in [3.63, 3.8) is 0 Å². The Labute approximate surface area is 137 Å². The Morgan fingerprint density at radius 3 is 2.35 bits per heavy atom. The monoisotopic (exact) mass is 313 g/mol. The minimum Gasteiger partial charge on any atom is -0.496 e. The first kappa shape index (κ1) is 16.7. The number of rotatable bonds is 6. The Morgan fingerprint density at radius 2 is 1.65 bits per heavy atom. The van der Waals surface area contributed by atoms with Crippen LogP contribution in [0.15, 0.2) is 53.5 Å². The van der Waals surface area contributed by atoms with Crippen molar-refractivity contribution in [2.24, 2.45) is 10.7 Å². The third-order valence-corrected chi connectivity index (χ3v) is 3.58. The molecule has 0 amide bonds. The van der Waals surface area contributed by atoms with Crippen LogP contribution >= 0.6 is 0 Å². The lowest BCUT2D eigenvalue weighted by Gasteiger charge is -2.14. The number of hydrogen-bond donors (Lipinski definition) is 2. The highest BCUT2D eigenvalue weighted by Crippen LogP contribution is 2.26. The molecule has 1 atom stereocenters. The van der Waals surface area contributed by atoms with Gasteiger partial charge in [0.15, 0.2) is 5.96 Å². The van der Waals surface area contributed by atoms with Gasteiger partial charge in [-0.3, -0.25) is 4.99 Å². The van der Waals surface area contributed by atoms with E-state index in [1.54, 1.807) is 14.2 Å². The molecule has 3 N–H and O–H groups in total. The van der Waals surface area contributed by atoms with Crippen LogP contribution in [0.2, 0.25) is 0 Å². The van der Waals surface area contributed by atoms with Crippen molar-refractivity contribution in [2.45, 2.75) is 12.8 Å². The summed E-state index contributed by atoms with van der Waals surface area (Å²) in [5.41, 5.74) is 7.89. The lowest BCUT2D eigenvalue weighted by molar-refractivity contribution is 0.407. The van der Waals surface area contributed by atoms with E-state index in [9.17, 15) is 0 Å². The minimum absolute atomic E-state index is 0.198. The summed E-state index contributed by atoms with van der Waals surface area (Å²) >= 11 is 0. The molecule has 0 spiro atoms. The lowest BCUT2D eigenvalue weighted by Crippen LogP contribution is -2.23. The molecule has 2 aromatic carbocycles. The number of nitrogens with two attached hydrogens (primary N) is 1. The van der Waals surface area contributed by atoms with E-state index in [2.05, 4.69) is 17.2 Å². The van der Waals surface area contributed by atoms with Gasteiger partial charge in [-0.05, 0) is 23.8 Å². The van der Waals surface area contributed by atoms with Gasteiger partial charge in [0.1, 0.15) is 11.5 Å². The van der Waals surface area contributed by atoms with Crippen LogP contribution < -0.4 is 20.5 Å². The largest absolute Gasteiger partial charge is 0.496 e. The summed E-state index contributed by atoms with van der Waals surface area (Å²) < 4.78 is 10.7. The second kappa shape index (κ2) is 8.08. The van der Waals surface area contributed by atoms with E-state index in [-0.39, 0.29) is 5.92 Å². The first-order valence-electron chi connectivity index (χ1n) is 7.48. The van der Waals surface area contributed by atoms with Crippen molar-refractivity contribution in [3.8, 4) is 11.5 Å². The molecular formula is C18H23N3O2. The number of benzene rings is 2.